The summed E-state index contributed by atoms with van der Waals surface area (Å²) in [5, 5.41) is 0. The third-order valence-corrected chi connectivity index (χ3v) is 24.2. The topological polar surface area (TPSA) is 92.3 Å². The molecule has 2 radical (unpaired) electrons. The van der Waals surface area contributed by atoms with E-state index in [0.717, 1.165) is 42.2 Å². The molecular weight excluding hydrogens is 1450 g/mol. The second-order valence-corrected chi connectivity index (χ2v) is 35.5. The van der Waals surface area contributed by atoms with Gasteiger partial charge in [0.05, 0.1) is 56.0 Å². The Morgan fingerprint density at radius 1 is 0.282 bits per heavy atom. The van der Waals surface area contributed by atoms with Crippen LogP contribution >= 0.6 is 0 Å². The fraction of sp³-hybridized carbons (Fsp3) is 0.920. The summed E-state index contributed by atoms with van der Waals surface area (Å²) >= 11 is 0. The van der Waals surface area contributed by atoms with Crippen LogP contribution in [0.2, 0.25) is 12.6 Å². The van der Waals surface area contributed by atoms with Gasteiger partial charge in [0.1, 0.15) is 0 Å². The Hall–Kier alpha value is -0.386. The number of hydrogen-bond acceptors (Lipinski definition) is 10. The molecular formula is C87H184B5IrO10. The van der Waals surface area contributed by atoms with Crippen molar-refractivity contribution in [2.24, 2.45) is 29.6 Å². The summed E-state index contributed by atoms with van der Waals surface area (Å²) in [6.07, 6.45) is 46.7. The monoisotopic (exact) mass is 1640 g/mol. The van der Waals surface area contributed by atoms with Gasteiger partial charge in [0.2, 0.25) is 0 Å². The Balaban J connectivity index is -0.000000149. The van der Waals surface area contributed by atoms with E-state index in [1.165, 1.54) is 213 Å². The molecule has 0 spiro atoms. The molecule has 6 fully saturated rings. The van der Waals surface area contributed by atoms with Gasteiger partial charge in [-0.3, -0.25) is 0 Å². The molecule has 0 aromatic heterocycles. The quantitative estimate of drug-likeness (QED) is 0.0274. The molecule has 0 N–H and O–H groups in total. The standard InChI is InChI=1S/2C16H33BO2.C12H24B2O4.C10H20.2C10H22.C6H12BO2.2C3H4.CH3.Ir.3H2/c2*1-6-7-8-9-10-11-12-13-14-17-18-15(2,3)16(4,5)19-17;1-9(2)10(3,4)16-13(15-9)14-17-11(5,6)12(7,8)18-14;1-6-7(2)9(4)10(5)8(6)3;2*1-3-5-7-9-10-8-6-4-2;1-5(2)6(3,4)9-7-8-5;2*1-3-2;;;;;/h2*6-14H2,1-5H3;1-8H3;6-10H,1-5H3;2*3-10H2,1-2H3;1-4H3;2*1-2H2;1H3;;3*1H/q;;;;;;;;;-1;;;;/p+1/i;;;;;;;;;;;2*1+1;. The molecule has 5 heterocycles. The van der Waals surface area contributed by atoms with Gasteiger partial charge in [-0.25, -0.2) is 0 Å². The maximum atomic E-state index is 6.00. The summed E-state index contributed by atoms with van der Waals surface area (Å²) in [4.78, 5) is 0. The van der Waals surface area contributed by atoms with Crippen molar-refractivity contribution in [1.82, 2.24) is 0 Å². The van der Waals surface area contributed by atoms with Crippen molar-refractivity contribution in [2.45, 2.75) is 489 Å². The molecule has 0 bridgehead atoms. The van der Waals surface area contributed by atoms with Gasteiger partial charge in [-0.15, -0.1) is 11.5 Å². The maximum Gasteiger partial charge on any atom is 1.00 e. The van der Waals surface area contributed by atoms with Crippen molar-refractivity contribution in [2.75, 3.05) is 0 Å². The first-order valence-corrected chi connectivity index (χ1v) is 42.0. The first-order chi connectivity index (χ1) is 46.8. The van der Waals surface area contributed by atoms with Crippen LogP contribution in [-0.4, -0.2) is 92.0 Å². The molecule has 6 aliphatic rings. The molecule has 6 rings (SSSR count). The molecule has 1 aliphatic carbocycles. The minimum absolute atomic E-state index is 0. The normalized spacial score (nSPS) is 23.5. The van der Waals surface area contributed by atoms with E-state index < -0.39 is 14.0 Å². The number of rotatable bonds is 33. The Labute approximate surface area is 668 Å². The molecule has 0 amide bonds. The van der Waals surface area contributed by atoms with E-state index in [0.29, 0.717) is 0 Å². The maximum absolute atomic E-state index is 6.00. The molecule has 1 saturated carbocycles. The van der Waals surface area contributed by atoms with Crippen LogP contribution in [-0.2, 0) is 66.6 Å². The average Bonchev–Trinajstić information content (AvgIpc) is 1.59. The molecule has 5 aliphatic heterocycles. The van der Waals surface area contributed by atoms with Gasteiger partial charge in [0.25, 0.3) is 0 Å². The van der Waals surface area contributed by atoms with Gasteiger partial charge in [-0.2, -0.15) is 0 Å². The summed E-state index contributed by atoms with van der Waals surface area (Å²) in [5.41, 5.74) is 2.01. The van der Waals surface area contributed by atoms with E-state index in [-0.39, 0.29) is 103 Å². The average molecular weight is 1640 g/mol. The Bertz CT molecular complexity index is 1860. The summed E-state index contributed by atoms with van der Waals surface area (Å²) in [6.45, 7) is 79.4. The Kier molecular flexibility index (Phi) is 62.2. The zero-order valence-electron chi connectivity index (χ0n) is 76.1. The summed E-state index contributed by atoms with van der Waals surface area (Å²) in [7, 11) is 0.474. The van der Waals surface area contributed by atoms with Crippen LogP contribution in [0, 0.1) is 37.0 Å². The third-order valence-electron chi connectivity index (χ3n) is 24.2. The van der Waals surface area contributed by atoms with Crippen LogP contribution in [0.3, 0.4) is 0 Å². The zero-order valence-corrected chi connectivity index (χ0v) is 77.5. The van der Waals surface area contributed by atoms with E-state index in [1.807, 2.05) is 83.1 Å². The van der Waals surface area contributed by atoms with Crippen LogP contribution in [0.5, 0.6) is 0 Å². The van der Waals surface area contributed by atoms with Crippen LogP contribution in [0.15, 0.2) is 37.8 Å². The first kappa shape index (κ1) is 111. The van der Waals surface area contributed by atoms with Crippen LogP contribution in [0.25, 0.3) is 0 Å². The molecule has 16 heteroatoms. The second-order valence-electron chi connectivity index (χ2n) is 35.5. The molecule has 0 unspecified atom stereocenters. The summed E-state index contributed by atoms with van der Waals surface area (Å²) < 4.78 is 58.3. The van der Waals surface area contributed by atoms with Crippen molar-refractivity contribution >= 4 is 35.9 Å². The van der Waals surface area contributed by atoms with Crippen molar-refractivity contribution < 1.29 is 72.4 Å². The predicted octanol–water partition coefficient (Wildman–Crippen LogP) is 28.5. The molecule has 10 nitrogen and oxygen atoms in total. The molecule has 616 valence electrons. The van der Waals surface area contributed by atoms with E-state index in [1.54, 1.807) is 0 Å². The van der Waals surface area contributed by atoms with Crippen LogP contribution in [0.4, 0.5) is 0 Å². The molecule has 5 saturated heterocycles. The van der Waals surface area contributed by atoms with Crippen LogP contribution < -0.4 is 0 Å². The Morgan fingerprint density at radius 3 is 0.553 bits per heavy atom. The second kappa shape index (κ2) is 57.6. The van der Waals surface area contributed by atoms with Gasteiger partial charge in [-0.05, 0) is 181 Å². The van der Waals surface area contributed by atoms with Gasteiger partial charge in [-0.1, -0.05) is 308 Å². The van der Waals surface area contributed by atoms with Gasteiger partial charge in [0.15, 0.2) is 0 Å². The predicted molar refractivity (Wildman–Crippen MR) is 461 cm³/mol. The van der Waals surface area contributed by atoms with Gasteiger partial charge >= 0.3 is 37.4 Å². The van der Waals surface area contributed by atoms with E-state index in [9.17, 15) is 0 Å². The smallest absolute Gasteiger partial charge is 0.405 e. The fourth-order valence-electron chi connectivity index (χ4n) is 12.4. The largest absolute Gasteiger partial charge is 1.00 e. The Morgan fingerprint density at radius 2 is 0.417 bits per heavy atom. The third kappa shape index (κ3) is 44.4. The number of hydrogen-bond donors (Lipinski definition) is 0. The zero-order chi connectivity index (χ0) is 78.4. The first-order valence-electron chi connectivity index (χ1n) is 42.0. The summed E-state index contributed by atoms with van der Waals surface area (Å²) in [5.74, 6) is 4.68. The van der Waals surface area contributed by atoms with Crippen molar-refractivity contribution in [3.05, 3.63) is 45.2 Å². The fourth-order valence-corrected chi connectivity index (χ4v) is 12.4. The SMILES string of the molecule is C=C=C.C=C=C.CC1(C)OB(B2OC(C)(C)C(C)(C)O2)OC1(C)C.CC1(C)O[B]OC1(C)C.CC1C(C)C(C)C(C)C1C.CCCCCCCCCC.CCCCCCCCCC.CCCCCCCCCCB1OC(C)(C)C(C)(C)O1.CCCCCCCCCCB1OC(C)(C)C(C)(C)O1.[2HH].[2HH].[CH3-].[H+].[HH].[Ir]. The minimum Gasteiger partial charge on any atom is -0.405 e. The van der Waals surface area contributed by atoms with Gasteiger partial charge in [0, 0.05) is 24.4 Å². The molecule has 0 aromatic carbocycles. The van der Waals surface area contributed by atoms with Crippen LogP contribution in [0.1, 0.15) is 426 Å². The van der Waals surface area contributed by atoms with E-state index >= 15 is 0 Å². The molecule has 103 heavy (non-hydrogen) atoms. The molecule has 0 atom stereocenters. The van der Waals surface area contributed by atoms with Crippen molar-refractivity contribution in [1.29, 1.82) is 0 Å². The van der Waals surface area contributed by atoms with Crippen molar-refractivity contribution in [3.8, 4) is 0 Å². The van der Waals surface area contributed by atoms with Gasteiger partial charge < -0.3 is 54.0 Å². The minimum atomic E-state index is -0.476. The number of unbranched alkanes of at least 4 members (excludes halogenated alkanes) is 28. The van der Waals surface area contributed by atoms with E-state index in [2.05, 4.69) is 169 Å². The summed E-state index contributed by atoms with van der Waals surface area (Å²) in [6, 6.07) is 0. The van der Waals surface area contributed by atoms with Crippen molar-refractivity contribution in [3.63, 3.8) is 0 Å². The van der Waals surface area contributed by atoms with E-state index in [4.69, 9.17) is 46.5 Å². The molecule has 0 aromatic rings.